The van der Waals surface area contributed by atoms with E-state index in [1.165, 1.54) is 40.9 Å². The van der Waals surface area contributed by atoms with Crippen LogP contribution in [0.2, 0.25) is 0 Å². The summed E-state index contributed by atoms with van der Waals surface area (Å²) < 4.78 is 34.9. The smallest absolute Gasteiger partial charge is 0.240 e. The van der Waals surface area contributed by atoms with E-state index in [0.29, 0.717) is 47.9 Å². The molecule has 3 aromatic carbocycles. The molecule has 0 aliphatic carbocycles. The van der Waals surface area contributed by atoms with Crippen LogP contribution in [0.15, 0.2) is 78.9 Å². The van der Waals surface area contributed by atoms with Crippen molar-refractivity contribution in [1.82, 2.24) is 15.1 Å². The number of ether oxygens (including phenoxy) is 1. The van der Waals surface area contributed by atoms with E-state index in [2.05, 4.69) is 5.32 Å². The van der Waals surface area contributed by atoms with Crippen LogP contribution < -0.4 is 10.2 Å². The average Bonchev–Trinajstić information content (AvgIpc) is 3.28. The van der Waals surface area contributed by atoms with Gasteiger partial charge in [-0.25, -0.2) is 13.5 Å². The van der Waals surface area contributed by atoms with Crippen molar-refractivity contribution in [2.45, 2.75) is 11.7 Å². The average molecular weight is 563 g/mol. The molecule has 0 radical (unpaired) electrons. The zero-order chi connectivity index (χ0) is 28.1. The van der Waals surface area contributed by atoms with Gasteiger partial charge in [-0.15, -0.1) is 11.8 Å². The summed E-state index contributed by atoms with van der Waals surface area (Å²) in [7, 11) is 1.59. The molecule has 7 nitrogen and oxygen atoms in total. The Kier molecular flexibility index (Phi) is 8.57. The number of thioether (sulfide) groups is 1. The molecular weight excluding hydrogens is 534 g/mol. The molecule has 0 spiro atoms. The van der Waals surface area contributed by atoms with Crippen LogP contribution in [0.5, 0.6) is 0 Å². The van der Waals surface area contributed by atoms with Gasteiger partial charge in [0, 0.05) is 31.4 Å². The lowest BCUT2D eigenvalue weighted by atomic mass is 9.99. The van der Waals surface area contributed by atoms with Crippen molar-refractivity contribution in [1.29, 1.82) is 0 Å². The van der Waals surface area contributed by atoms with Crippen molar-refractivity contribution in [2.24, 2.45) is 0 Å². The number of nitrogens with zero attached hydrogens (tertiary/aromatic N) is 3. The minimum atomic E-state index is -0.464. The number of carbonyl (C=O) groups is 2. The van der Waals surface area contributed by atoms with Gasteiger partial charge in [-0.2, -0.15) is 5.10 Å². The summed E-state index contributed by atoms with van der Waals surface area (Å²) in [5.74, 6) is -0.985. The Morgan fingerprint density at radius 2 is 1.82 bits per heavy atom. The molecule has 10 heteroatoms. The molecule has 1 aromatic heterocycles. The number of rotatable bonds is 9. The van der Waals surface area contributed by atoms with Crippen LogP contribution in [-0.4, -0.2) is 54.2 Å². The highest BCUT2D eigenvalue weighted by atomic mass is 32.2. The number of benzene rings is 3. The largest absolute Gasteiger partial charge is 0.385 e. The van der Waals surface area contributed by atoms with Gasteiger partial charge in [-0.3, -0.25) is 14.5 Å². The molecule has 0 saturated heterocycles. The first-order valence-corrected chi connectivity index (χ1v) is 13.9. The Balaban J connectivity index is 1.71. The minimum absolute atomic E-state index is 0.0600. The van der Waals surface area contributed by atoms with E-state index in [9.17, 15) is 18.4 Å². The molecule has 1 aliphatic rings. The van der Waals surface area contributed by atoms with Gasteiger partial charge in [0.2, 0.25) is 11.8 Å². The van der Waals surface area contributed by atoms with Crippen LogP contribution in [0.1, 0.15) is 22.8 Å². The van der Waals surface area contributed by atoms with Gasteiger partial charge in [0.25, 0.3) is 0 Å². The molecule has 4 aromatic rings. The third-order valence-corrected chi connectivity index (χ3v) is 7.76. The third kappa shape index (κ3) is 5.93. The number of fused-ring (bicyclic) bond motifs is 1. The lowest BCUT2D eigenvalue weighted by molar-refractivity contribution is -0.122. The third-order valence-electron chi connectivity index (χ3n) is 6.51. The van der Waals surface area contributed by atoms with Gasteiger partial charge >= 0.3 is 0 Å². The molecule has 0 fully saturated rings. The van der Waals surface area contributed by atoms with Gasteiger partial charge in [0.05, 0.1) is 22.4 Å². The lowest BCUT2D eigenvalue weighted by Gasteiger charge is -2.23. The number of halogens is 2. The topological polar surface area (TPSA) is 76.5 Å². The van der Waals surface area contributed by atoms with Gasteiger partial charge in [-0.1, -0.05) is 42.5 Å². The standard InChI is InChI=1S/C30H28F2N4O3S/c1-39-16-6-15-33-25(37)18-35-26(38)19-40-29(21-9-5-10-23(32)17-21)27-28(20-7-3-2-4-8-20)34-36(30(27)35)24-13-11-22(31)12-14-24/h2-5,7-14,17,29H,6,15-16,18-19H2,1H3,(H,33,37). The number of nitrogens with one attached hydrogen (secondary N) is 1. The molecule has 2 heterocycles. The maximum Gasteiger partial charge on any atom is 0.240 e. The van der Waals surface area contributed by atoms with Crippen LogP contribution in [-0.2, 0) is 14.3 Å². The second kappa shape index (κ2) is 12.4. The molecule has 1 atom stereocenters. The lowest BCUT2D eigenvalue weighted by Crippen LogP contribution is -2.42. The van der Waals surface area contributed by atoms with E-state index >= 15 is 0 Å². The van der Waals surface area contributed by atoms with Crippen LogP contribution in [0.3, 0.4) is 0 Å². The van der Waals surface area contributed by atoms with Crippen molar-refractivity contribution in [3.63, 3.8) is 0 Å². The van der Waals surface area contributed by atoms with Crippen LogP contribution in [0, 0.1) is 11.6 Å². The molecule has 40 heavy (non-hydrogen) atoms. The normalized spacial score (nSPS) is 15.0. The number of amides is 2. The van der Waals surface area contributed by atoms with Crippen molar-refractivity contribution in [3.05, 3.63) is 102 Å². The van der Waals surface area contributed by atoms with Gasteiger partial charge in [0.15, 0.2) is 0 Å². The number of carbonyl (C=O) groups excluding carboxylic acids is 2. The van der Waals surface area contributed by atoms with Crippen LogP contribution >= 0.6 is 11.8 Å². The summed E-state index contributed by atoms with van der Waals surface area (Å²) in [6.45, 7) is 0.655. The van der Waals surface area contributed by atoms with E-state index in [1.807, 2.05) is 36.4 Å². The summed E-state index contributed by atoms with van der Waals surface area (Å²) in [5.41, 5.74) is 3.23. The second-order valence-electron chi connectivity index (χ2n) is 9.26. The monoisotopic (exact) mass is 562 g/mol. The molecule has 1 N–H and O–H groups in total. The quantitative estimate of drug-likeness (QED) is 0.286. The predicted molar refractivity (Wildman–Crippen MR) is 152 cm³/mol. The summed E-state index contributed by atoms with van der Waals surface area (Å²) in [6, 6.07) is 21.5. The first-order valence-electron chi connectivity index (χ1n) is 12.8. The number of anilines is 1. The maximum atomic E-state index is 14.4. The van der Waals surface area contributed by atoms with E-state index in [1.54, 1.807) is 30.0 Å². The van der Waals surface area contributed by atoms with Crippen LogP contribution in [0.4, 0.5) is 14.6 Å². The van der Waals surface area contributed by atoms with Crippen molar-refractivity contribution in [3.8, 4) is 16.9 Å². The van der Waals surface area contributed by atoms with Crippen molar-refractivity contribution < 1.29 is 23.1 Å². The number of hydrogen-bond donors (Lipinski definition) is 1. The summed E-state index contributed by atoms with van der Waals surface area (Å²) >= 11 is 1.35. The second-order valence-corrected chi connectivity index (χ2v) is 10.4. The van der Waals surface area contributed by atoms with Crippen molar-refractivity contribution in [2.75, 3.05) is 37.5 Å². The first-order chi connectivity index (χ1) is 19.5. The Bertz CT molecular complexity index is 1490. The highest BCUT2D eigenvalue weighted by Gasteiger charge is 2.37. The van der Waals surface area contributed by atoms with E-state index < -0.39 is 16.9 Å². The van der Waals surface area contributed by atoms with Gasteiger partial charge in [0.1, 0.15) is 24.0 Å². The highest BCUT2D eigenvalue weighted by molar-refractivity contribution is 8.00. The Labute approximate surface area is 235 Å². The molecule has 206 valence electrons. The fourth-order valence-electron chi connectivity index (χ4n) is 4.67. The molecule has 1 unspecified atom stereocenters. The summed E-state index contributed by atoms with van der Waals surface area (Å²) in [5, 5.41) is 7.30. The maximum absolute atomic E-state index is 14.4. The van der Waals surface area contributed by atoms with E-state index in [-0.39, 0.29) is 24.1 Å². The molecule has 5 rings (SSSR count). The number of methoxy groups -OCH3 is 1. The zero-order valence-corrected chi connectivity index (χ0v) is 22.7. The summed E-state index contributed by atoms with van der Waals surface area (Å²) in [6.07, 6.45) is 0.630. The highest BCUT2D eigenvalue weighted by Crippen LogP contribution is 2.48. The first kappa shape index (κ1) is 27.5. The minimum Gasteiger partial charge on any atom is -0.385 e. The number of aromatic nitrogens is 2. The SMILES string of the molecule is COCCCNC(=O)CN1C(=O)CSC(c2cccc(F)c2)c2c(-c3ccccc3)nn(-c3ccc(F)cc3)c21. The molecule has 1 aliphatic heterocycles. The number of hydrogen-bond acceptors (Lipinski definition) is 5. The molecule has 2 amide bonds. The predicted octanol–water partition coefficient (Wildman–Crippen LogP) is 5.14. The van der Waals surface area contributed by atoms with Gasteiger partial charge < -0.3 is 10.1 Å². The molecular formula is C30H28F2N4O3S. The van der Waals surface area contributed by atoms with Gasteiger partial charge in [-0.05, 0) is 48.4 Å². The molecule has 0 bridgehead atoms. The Morgan fingerprint density at radius 1 is 1.05 bits per heavy atom. The zero-order valence-electron chi connectivity index (χ0n) is 21.8. The molecule has 0 saturated carbocycles. The van der Waals surface area contributed by atoms with Crippen LogP contribution in [0.25, 0.3) is 16.9 Å². The Hall–Kier alpha value is -4.02. The fraction of sp³-hybridized carbons (Fsp3) is 0.233. The van der Waals surface area contributed by atoms with Crippen molar-refractivity contribution >= 4 is 29.4 Å². The summed E-state index contributed by atoms with van der Waals surface area (Å²) in [4.78, 5) is 28.1. The van der Waals surface area contributed by atoms with E-state index in [0.717, 1.165) is 5.56 Å². The fourth-order valence-corrected chi connectivity index (χ4v) is 5.86. The Morgan fingerprint density at radius 3 is 2.55 bits per heavy atom. The van der Waals surface area contributed by atoms with E-state index in [4.69, 9.17) is 9.84 Å².